The molecule has 2 nitrogen and oxygen atoms in total. The third kappa shape index (κ3) is 4.92. The number of ether oxygens (including phenoxy) is 1. The van der Waals surface area contributed by atoms with Gasteiger partial charge in [-0.1, -0.05) is 55.8 Å². The van der Waals surface area contributed by atoms with Crippen LogP contribution in [0.4, 0.5) is 0 Å². The number of methoxy groups -OCH3 is 1. The van der Waals surface area contributed by atoms with E-state index in [1.165, 1.54) is 30.5 Å². The maximum Gasteiger partial charge on any atom is 0.0618 e. The van der Waals surface area contributed by atoms with Gasteiger partial charge in [-0.3, -0.25) is 4.90 Å². The third-order valence-electron chi connectivity index (χ3n) is 5.01. The molecule has 1 aliphatic heterocycles. The minimum atomic E-state index is 0.165. The second-order valence-electron chi connectivity index (χ2n) is 7.75. The lowest BCUT2D eigenvalue weighted by Crippen LogP contribution is -2.43. The SMILES string of the molecule is COC[C@@H]1CCCN1[C@@H](C=C(C)C)CC(C)(C)c1ccccc1. The Morgan fingerprint density at radius 3 is 2.61 bits per heavy atom. The van der Waals surface area contributed by atoms with Gasteiger partial charge in [0, 0.05) is 19.2 Å². The van der Waals surface area contributed by atoms with Crippen molar-refractivity contribution in [2.45, 2.75) is 64.5 Å². The summed E-state index contributed by atoms with van der Waals surface area (Å²) in [5.41, 5.74) is 2.99. The third-order valence-corrected chi connectivity index (χ3v) is 5.01. The molecule has 128 valence electrons. The lowest BCUT2D eigenvalue weighted by molar-refractivity contribution is 0.0925. The summed E-state index contributed by atoms with van der Waals surface area (Å²) >= 11 is 0. The predicted octanol–water partition coefficient (Wildman–Crippen LogP) is 4.80. The normalized spacial score (nSPS) is 20.5. The van der Waals surface area contributed by atoms with Crippen molar-refractivity contribution in [3.63, 3.8) is 0 Å². The Bertz CT molecular complexity index is 502. The molecule has 0 bridgehead atoms. The first-order valence-corrected chi connectivity index (χ1v) is 8.89. The molecule has 0 amide bonds. The van der Waals surface area contributed by atoms with Gasteiger partial charge >= 0.3 is 0 Å². The van der Waals surface area contributed by atoms with E-state index in [-0.39, 0.29) is 5.41 Å². The van der Waals surface area contributed by atoms with Crippen molar-refractivity contribution in [3.8, 4) is 0 Å². The van der Waals surface area contributed by atoms with E-state index in [1.807, 2.05) is 7.11 Å². The first kappa shape index (κ1) is 18.2. The van der Waals surface area contributed by atoms with E-state index in [9.17, 15) is 0 Å². The van der Waals surface area contributed by atoms with Crippen LogP contribution >= 0.6 is 0 Å². The Balaban J connectivity index is 2.20. The number of hydrogen-bond acceptors (Lipinski definition) is 2. The van der Waals surface area contributed by atoms with Crippen molar-refractivity contribution < 1.29 is 4.74 Å². The van der Waals surface area contributed by atoms with E-state index in [0.717, 1.165) is 13.0 Å². The highest BCUT2D eigenvalue weighted by molar-refractivity contribution is 5.24. The van der Waals surface area contributed by atoms with Crippen molar-refractivity contribution in [1.29, 1.82) is 0 Å². The average molecular weight is 316 g/mol. The molecule has 2 heteroatoms. The van der Waals surface area contributed by atoms with Crippen molar-refractivity contribution in [3.05, 3.63) is 47.5 Å². The molecule has 1 fully saturated rings. The maximum absolute atomic E-state index is 5.46. The minimum absolute atomic E-state index is 0.165. The molecule has 23 heavy (non-hydrogen) atoms. The molecule has 1 aromatic rings. The second kappa shape index (κ2) is 8.12. The zero-order chi connectivity index (χ0) is 16.9. The van der Waals surface area contributed by atoms with Crippen molar-refractivity contribution in [2.75, 3.05) is 20.3 Å². The summed E-state index contributed by atoms with van der Waals surface area (Å²) in [6.45, 7) is 11.2. The number of likely N-dealkylation sites (tertiary alicyclic amines) is 1. The van der Waals surface area contributed by atoms with Gasteiger partial charge in [-0.05, 0) is 50.6 Å². The molecule has 0 spiro atoms. The van der Waals surface area contributed by atoms with Gasteiger partial charge in [0.1, 0.15) is 0 Å². The lowest BCUT2D eigenvalue weighted by atomic mass is 9.78. The van der Waals surface area contributed by atoms with Gasteiger partial charge in [0.15, 0.2) is 0 Å². The van der Waals surface area contributed by atoms with Crippen LogP contribution < -0.4 is 0 Å². The molecule has 2 atom stereocenters. The monoisotopic (exact) mass is 315 g/mol. The predicted molar refractivity (Wildman–Crippen MR) is 98.9 cm³/mol. The van der Waals surface area contributed by atoms with Crippen LogP contribution in [0.1, 0.15) is 52.5 Å². The summed E-state index contributed by atoms with van der Waals surface area (Å²) in [7, 11) is 1.82. The molecule has 1 heterocycles. The van der Waals surface area contributed by atoms with Crippen LogP contribution in [0, 0.1) is 0 Å². The quantitative estimate of drug-likeness (QED) is 0.670. The van der Waals surface area contributed by atoms with Crippen molar-refractivity contribution >= 4 is 0 Å². The molecule has 0 aliphatic carbocycles. The second-order valence-corrected chi connectivity index (χ2v) is 7.75. The Morgan fingerprint density at radius 1 is 1.30 bits per heavy atom. The smallest absolute Gasteiger partial charge is 0.0618 e. The summed E-state index contributed by atoms with van der Waals surface area (Å²) in [5.74, 6) is 0. The standard InChI is InChI=1S/C21H33NO/c1-17(2)14-20(22-13-9-12-19(22)16-23-5)15-21(3,4)18-10-7-6-8-11-18/h6-8,10-11,14,19-20H,9,12-13,15-16H2,1-5H3/t19-,20-/m0/s1. The van der Waals surface area contributed by atoms with Gasteiger partial charge in [0.2, 0.25) is 0 Å². The Hall–Kier alpha value is -1.12. The molecular formula is C21H33NO. The van der Waals surface area contributed by atoms with Crippen LogP contribution in [-0.2, 0) is 10.2 Å². The summed E-state index contributed by atoms with van der Waals surface area (Å²) in [4.78, 5) is 2.67. The fraction of sp³-hybridized carbons (Fsp3) is 0.619. The molecule has 2 rings (SSSR count). The summed E-state index contributed by atoms with van der Waals surface area (Å²) in [6, 6.07) is 12.0. The number of allylic oxidation sites excluding steroid dienone is 1. The average Bonchev–Trinajstić information content (AvgIpc) is 2.95. The molecule has 0 radical (unpaired) electrons. The van der Waals surface area contributed by atoms with Crippen molar-refractivity contribution in [2.24, 2.45) is 0 Å². The van der Waals surface area contributed by atoms with E-state index < -0.39 is 0 Å². The first-order valence-electron chi connectivity index (χ1n) is 8.89. The first-order chi connectivity index (χ1) is 10.9. The highest BCUT2D eigenvalue weighted by Gasteiger charge is 2.33. The van der Waals surface area contributed by atoms with Crippen LogP contribution in [0.25, 0.3) is 0 Å². The number of hydrogen-bond donors (Lipinski definition) is 0. The van der Waals surface area contributed by atoms with Crippen LogP contribution in [0.2, 0.25) is 0 Å². The Labute approximate surface area is 142 Å². The van der Waals surface area contributed by atoms with E-state index in [0.29, 0.717) is 12.1 Å². The van der Waals surface area contributed by atoms with Gasteiger partial charge in [-0.15, -0.1) is 0 Å². The summed E-state index contributed by atoms with van der Waals surface area (Å²) < 4.78 is 5.46. The van der Waals surface area contributed by atoms with E-state index in [4.69, 9.17) is 4.74 Å². The fourth-order valence-electron chi connectivity index (χ4n) is 3.85. The molecule has 1 saturated heterocycles. The molecule has 1 aromatic carbocycles. The summed E-state index contributed by atoms with van der Waals surface area (Å²) in [6.07, 6.45) is 6.14. The topological polar surface area (TPSA) is 12.5 Å². The maximum atomic E-state index is 5.46. The van der Waals surface area contributed by atoms with E-state index in [1.54, 1.807) is 0 Å². The minimum Gasteiger partial charge on any atom is -0.383 e. The number of benzene rings is 1. The van der Waals surface area contributed by atoms with Crippen LogP contribution in [0.5, 0.6) is 0 Å². The highest BCUT2D eigenvalue weighted by atomic mass is 16.5. The zero-order valence-electron chi connectivity index (χ0n) is 15.5. The largest absolute Gasteiger partial charge is 0.383 e. The van der Waals surface area contributed by atoms with Gasteiger partial charge in [0.25, 0.3) is 0 Å². The van der Waals surface area contributed by atoms with Gasteiger partial charge in [-0.2, -0.15) is 0 Å². The van der Waals surface area contributed by atoms with E-state index >= 15 is 0 Å². The van der Waals surface area contributed by atoms with E-state index in [2.05, 4.69) is 69.0 Å². The molecule has 0 N–H and O–H groups in total. The molecule has 0 saturated carbocycles. The molecular weight excluding hydrogens is 282 g/mol. The Kier molecular flexibility index (Phi) is 6.43. The van der Waals surface area contributed by atoms with Crippen LogP contribution in [-0.4, -0.2) is 37.2 Å². The summed E-state index contributed by atoms with van der Waals surface area (Å²) in [5, 5.41) is 0. The van der Waals surface area contributed by atoms with Crippen molar-refractivity contribution in [1.82, 2.24) is 4.90 Å². The zero-order valence-corrected chi connectivity index (χ0v) is 15.5. The number of rotatable bonds is 7. The molecule has 0 aromatic heterocycles. The Morgan fingerprint density at radius 2 is 2.00 bits per heavy atom. The van der Waals surface area contributed by atoms with Gasteiger partial charge in [0.05, 0.1) is 6.61 Å². The number of nitrogens with zero attached hydrogens (tertiary/aromatic N) is 1. The highest BCUT2D eigenvalue weighted by Crippen LogP contribution is 2.33. The van der Waals surface area contributed by atoms with Crippen LogP contribution in [0.15, 0.2) is 42.0 Å². The molecule has 1 aliphatic rings. The van der Waals surface area contributed by atoms with Crippen LogP contribution in [0.3, 0.4) is 0 Å². The lowest BCUT2D eigenvalue weighted by Gasteiger charge is -2.37. The molecule has 0 unspecified atom stereocenters. The fourth-order valence-corrected chi connectivity index (χ4v) is 3.85. The van der Waals surface area contributed by atoms with Gasteiger partial charge in [-0.25, -0.2) is 0 Å². The van der Waals surface area contributed by atoms with Gasteiger partial charge < -0.3 is 4.74 Å².